The summed E-state index contributed by atoms with van der Waals surface area (Å²) in [6.45, 7) is 5.25. The summed E-state index contributed by atoms with van der Waals surface area (Å²) in [5, 5.41) is 12.1. The number of benzene rings is 1. The minimum atomic E-state index is -0.141. The van der Waals surface area contributed by atoms with Gasteiger partial charge in [-0.15, -0.1) is 10.2 Å². The van der Waals surface area contributed by atoms with Crippen LogP contribution in [0.15, 0.2) is 29.4 Å². The first-order valence-corrected chi connectivity index (χ1v) is 8.15. The monoisotopic (exact) mass is 320 g/mol. The second-order valence-electron chi connectivity index (χ2n) is 4.49. The van der Waals surface area contributed by atoms with Gasteiger partial charge in [-0.2, -0.15) is 0 Å². The lowest BCUT2D eigenvalue weighted by atomic mass is 10.2. The van der Waals surface area contributed by atoms with Gasteiger partial charge >= 0.3 is 0 Å². The number of nitrogens with zero attached hydrogens (tertiary/aromatic N) is 3. The van der Waals surface area contributed by atoms with Crippen molar-refractivity contribution < 1.29 is 9.53 Å². The van der Waals surface area contributed by atoms with Gasteiger partial charge in [0.1, 0.15) is 5.75 Å². The van der Waals surface area contributed by atoms with Gasteiger partial charge in [-0.25, -0.2) is 0 Å². The zero-order chi connectivity index (χ0) is 15.9. The summed E-state index contributed by atoms with van der Waals surface area (Å²) in [6.07, 6.45) is 0. The Morgan fingerprint density at radius 1 is 1.27 bits per heavy atom. The fourth-order valence-corrected chi connectivity index (χ4v) is 2.75. The topological polar surface area (TPSA) is 69.0 Å². The molecule has 0 aliphatic heterocycles. The van der Waals surface area contributed by atoms with Gasteiger partial charge in [0, 0.05) is 12.1 Å². The van der Waals surface area contributed by atoms with E-state index in [0.717, 1.165) is 29.0 Å². The lowest BCUT2D eigenvalue weighted by molar-refractivity contribution is 0.0949. The molecule has 118 valence electrons. The molecule has 0 unspecified atom stereocenters. The van der Waals surface area contributed by atoms with Crippen LogP contribution in [-0.4, -0.2) is 33.5 Å². The van der Waals surface area contributed by atoms with Crippen molar-refractivity contribution in [2.45, 2.75) is 32.1 Å². The van der Waals surface area contributed by atoms with Crippen LogP contribution >= 0.6 is 11.8 Å². The molecule has 2 rings (SSSR count). The first kappa shape index (κ1) is 16.4. The maximum absolute atomic E-state index is 12.1. The predicted molar refractivity (Wildman–Crippen MR) is 86.3 cm³/mol. The van der Waals surface area contributed by atoms with Crippen molar-refractivity contribution >= 4 is 17.7 Å². The summed E-state index contributed by atoms with van der Waals surface area (Å²) < 4.78 is 7.09. The van der Waals surface area contributed by atoms with Crippen molar-refractivity contribution in [2.75, 3.05) is 12.9 Å². The lowest BCUT2D eigenvalue weighted by Gasteiger charge is -2.08. The van der Waals surface area contributed by atoms with E-state index in [-0.39, 0.29) is 5.91 Å². The second kappa shape index (κ2) is 7.84. The number of amides is 1. The summed E-state index contributed by atoms with van der Waals surface area (Å²) >= 11 is 1.64. The molecule has 1 aromatic heterocycles. The maximum atomic E-state index is 12.1. The van der Waals surface area contributed by atoms with E-state index < -0.39 is 0 Å². The van der Waals surface area contributed by atoms with E-state index in [1.54, 1.807) is 43.1 Å². The number of thioether (sulfide) groups is 1. The third-order valence-corrected chi connectivity index (χ3v) is 3.99. The van der Waals surface area contributed by atoms with Crippen LogP contribution in [-0.2, 0) is 13.1 Å². The third kappa shape index (κ3) is 3.79. The molecular weight excluding hydrogens is 300 g/mol. The van der Waals surface area contributed by atoms with Gasteiger partial charge in [0.25, 0.3) is 5.91 Å². The molecule has 0 aliphatic rings. The van der Waals surface area contributed by atoms with E-state index in [9.17, 15) is 4.79 Å². The van der Waals surface area contributed by atoms with Crippen LogP contribution in [0.2, 0.25) is 0 Å². The van der Waals surface area contributed by atoms with E-state index in [1.165, 1.54) is 0 Å². The van der Waals surface area contributed by atoms with E-state index in [0.29, 0.717) is 12.1 Å². The molecule has 0 bridgehead atoms. The fraction of sp³-hybridized carbons (Fsp3) is 0.400. The number of hydrogen-bond acceptors (Lipinski definition) is 5. The van der Waals surface area contributed by atoms with Gasteiger partial charge in [-0.05, 0) is 36.9 Å². The molecule has 1 aromatic carbocycles. The summed E-state index contributed by atoms with van der Waals surface area (Å²) in [5.41, 5.74) is 0.589. The van der Waals surface area contributed by atoms with Gasteiger partial charge in [-0.1, -0.05) is 18.7 Å². The van der Waals surface area contributed by atoms with Gasteiger partial charge in [-0.3, -0.25) is 4.79 Å². The SMILES string of the molecule is CCSc1nnc(CNC(=O)c2ccc(OC)cc2)n1CC. The molecule has 7 heteroatoms. The van der Waals surface area contributed by atoms with Crippen LogP contribution in [0, 0.1) is 0 Å². The number of hydrogen-bond donors (Lipinski definition) is 1. The summed E-state index contributed by atoms with van der Waals surface area (Å²) in [6, 6.07) is 6.99. The highest BCUT2D eigenvalue weighted by Gasteiger charge is 2.12. The molecule has 0 radical (unpaired) electrons. The minimum absolute atomic E-state index is 0.141. The molecule has 22 heavy (non-hydrogen) atoms. The predicted octanol–water partition coefficient (Wildman–Crippen LogP) is 2.35. The van der Waals surface area contributed by atoms with Gasteiger partial charge in [0.05, 0.1) is 13.7 Å². The molecule has 0 atom stereocenters. The van der Waals surface area contributed by atoms with Gasteiger partial charge in [0.15, 0.2) is 11.0 Å². The van der Waals surface area contributed by atoms with E-state index in [1.807, 2.05) is 11.5 Å². The first-order valence-electron chi connectivity index (χ1n) is 7.16. The molecule has 0 aliphatic carbocycles. The third-order valence-electron chi connectivity index (χ3n) is 3.14. The summed E-state index contributed by atoms with van der Waals surface area (Å²) in [4.78, 5) is 12.1. The Hall–Kier alpha value is -2.02. The molecule has 0 spiro atoms. The van der Waals surface area contributed by atoms with Crippen LogP contribution in [0.1, 0.15) is 30.0 Å². The highest BCUT2D eigenvalue weighted by atomic mass is 32.2. The van der Waals surface area contributed by atoms with E-state index in [2.05, 4.69) is 22.4 Å². The van der Waals surface area contributed by atoms with E-state index >= 15 is 0 Å². The number of aromatic nitrogens is 3. The quantitative estimate of drug-likeness (QED) is 0.793. The Labute approximate surface area is 134 Å². The highest BCUT2D eigenvalue weighted by molar-refractivity contribution is 7.99. The fourth-order valence-electron chi connectivity index (χ4n) is 2.01. The lowest BCUT2D eigenvalue weighted by Crippen LogP contribution is -2.24. The summed E-state index contributed by atoms with van der Waals surface area (Å²) in [5.74, 6) is 2.29. The number of carbonyl (C=O) groups excluding carboxylic acids is 1. The standard InChI is InChI=1S/C15H20N4O2S/c1-4-19-13(17-18-15(19)22-5-2)10-16-14(20)11-6-8-12(21-3)9-7-11/h6-9H,4-5,10H2,1-3H3,(H,16,20). The Morgan fingerprint density at radius 2 is 2.00 bits per heavy atom. The normalized spacial score (nSPS) is 10.5. The molecule has 1 heterocycles. The zero-order valence-electron chi connectivity index (χ0n) is 13.0. The number of rotatable bonds is 7. The van der Waals surface area contributed by atoms with Gasteiger partial charge < -0.3 is 14.6 Å². The first-order chi connectivity index (χ1) is 10.7. The van der Waals surface area contributed by atoms with Crippen molar-refractivity contribution in [3.63, 3.8) is 0 Å². The Morgan fingerprint density at radius 3 is 2.59 bits per heavy atom. The van der Waals surface area contributed by atoms with Crippen molar-refractivity contribution in [3.05, 3.63) is 35.7 Å². The Bertz CT molecular complexity index is 625. The van der Waals surface area contributed by atoms with Crippen molar-refractivity contribution in [1.82, 2.24) is 20.1 Å². The largest absolute Gasteiger partial charge is 0.497 e. The molecule has 6 nitrogen and oxygen atoms in total. The van der Waals surface area contributed by atoms with Crippen molar-refractivity contribution in [3.8, 4) is 5.75 Å². The highest BCUT2D eigenvalue weighted by Crippen LogP contribution is 2.16. The molecule has 2 aromatic rings. The van der Waals surface area contributed by atoms with Crippen LogP contribution in [0.3, 0.4) is 0 Å². The molecule has 0 fully saturated rings. The molecule has 1 N–H and O–H groups in total. The maximum Gasteiger partial charge on any atom is 0.251 e. The molecule has 0 saturated carbocycles. The number of ether oxygens (including phenoxy) is 1. The van der Waals surface area contributed by atoms with Crippen LogP contribution < -0.4 is 10.1 Å². The number of nitrogens with one attached hydrogen (secondary N) is 1. The second-order valence-corrected chi connectivity index (χ2v) is 5.72. The summed E-state index contributed by atoms with van der Waals surface area (Å²) in [7, 11) is 1.60. The van der Waals surface area contributed by atoms with Gasteiger partial charge in [0.2, 0.25) is 0 Å². The average molecular weight is 320 g/mol. The smallest absolute Gasteiger partial charge is 0.251 e. The van der Waals surface area contributed by atoms with Crippen LogP contribution in [0.4, 0.5) is 0 Å². The van der Waals surface area contributed by atoms with Crippen molar-refractivity contribution in [1.29, 1.82) is 0 Å². The zero-order valence-corrected chi connectivity index (χ0v) is 13.8. The van der Waals surface area contributed by atoms with Crippen molar-refractivity contribution in [2.24, 2.45) is 0 Å². The average Bonchev–Trinajstić information content (AvgIpc) is 2.95. The minimum Gasteiger partial charge on any atom is -0.497 e. The van der Waals surface area contributed by atoms with Crippen LogP contribution in [0.25, 0.3) is 0 Å². The Kier molecular flexibility index (Phi) is 5.83. The number of methoxy groups -OCH3 is 1. The van der Waals surface area contributed by atoms with Crippen LogP contribution in [0.5, 0.6) is 5.75 Å². The van der Waals surface area contributed by atoms with E-state index in [4.69, 9.17) is 4.74 Å². The number of carbonyl (C=O) groups is 1. The molecule has 1 amide bonds. The molecule has 0 saturated heterocycles. The Balaban J connectivity index is 2.01. The molecular formula is C15H20N4O2S.